The van der Waals surface area contributed by atoms with E-state index in [9.17, 15) is 20.5 Å². The number of alkyl carbamates (subject to hydrolysis) is 2. The van der Waals surface area contributed by atoms with Crippen LogP contribution in [0.1, 0.15) is 123 Å². The fourth-order valence-corrected chi connectivity index (χ4v) is 10.3. The molecule has 4 N–H and O–H groups in total. The number of piperidine rings is 1. The van der Waals surface area contributed by atoms with E-state index in [0.29, 0.717) is 54.3 Å². The molecule has 2 aliphatic heterocycles. The maximum atomic E-state index is 16.9. The van der Waals surface area contributed by atoms with E-state index in [0.717, 1.165) is 24.0 Å². The number of amides is 4. The van der Waals surface area contributed by atoms with Crippen LogP contribution in [-0.2, 0) is 25.0 Å². The van der Waals surface area contributed by atoms with Crippen molar-refractivity contribution in [3.8, 4) is 33.5 Å². The molecule has 6 atom stereocenters. The molecular formula is C49H54F2N8O6. The minimum absolute atomic E-state index is 0.0868. The van der Waals surface area contributed by atoms with Crippen LogP contribution in [-0.4, -0.2) is 92.6 Å². The number of methoxy groups -OCH3 is 2. The van der Waals surface area contributed by atoms with E-state index in [4.69, 9.17) is 25.5 Å². The number of fused-ring (bicyclic) bond motifs is 6. The van der Waals surface area contributed by atoms with Crippen LogP contribution >= 0.6 is 0 Å². The molecule has 10 rings (SSSR count). The van der Waals surface area contributed by atoms with Crippen LogP contribution in [0.2, 0.25) is 0 Å². The van der Waals surface area contributed by atoms with Crippen molar-refractivity contribution in [3.63, 3.8) is 0 Å². The topological polar surface area (TPSA) is 175 Å². The van der Waals surface area contributed by atoms with Crippen LogP contribution in [0.5, 0.6) is 0 Å². The van der Waals surface area contributed by atoms with Crippen LogP contribution in [0.3, 0.4) is 0 Å². The number of benzene rings is 3. The van der Waals surface area contributed by atoms with Crippen LogP contribution in [0, 0.1) is 23.1 Å². The first-order valence-corrected chi connectivity index (χ1v) is 21.0. The molecule has 16 heteroatoms. The first-order chi connectivity index (χ1) is 37.4. The van der Waals surface area contributed by atoms with Gasteiger partial charge in [-0.25, -0.2) is 19.6 Å². The summed E-state index contributed by atoms with van der Waals surface area (Å²) in [5, 5.41) is 3.56. The minimum atomic E-state index is -3.91. The molecule has 4 heterocycles. The van der Waals surface area contributed by atoms with Gasteiger partial charge in [0.1, 0.15) is 23.7 Å². The van der Waals surface area contributed by atoms with Crippen LogP contribution in [0.25, 0.3) is 44.5 Å². The highest BCUT2D eigenvalue weighted by Crippen LogP contribution is 2.59. The molecule has 2 aromatic heterocycles. The largest absolute Gasteiger partial charge is 0.453 e. The van der Waals surface area contributed by atoms with Gasteiger partial charge in [-0.2, -0.15) is 8.78 Å². The van der Waals surface area contributed by atoms with Gasteiger partial charge in [-0.1, -0.05) is 57.7 Å². The zero-order valence-corrected chi connectivity index (χ0v) is 35.0. The summed E-state index contributed by atoms with van der Waals surface area (Å²) in [7, 11) is 1.71. The second-order valence-electron chi connectivity index (χ2n) is 17.4. The molecule has 0 unspecified atom stereocenters. The molecule has 2 saturated carbocycles. The summed E-state index contributed by atoms with van der Waals surface area (Å²) >= 11 is 0. The molecule has 4 amide bonds. The number of aromatic nitrogens is 4. The quantitative estimate of drug-likeness (QED) is 0.108. The molecule has 65 heavy (non-hydrogen) atoms. The Morgan fingerprint density at radius 3 is 2.12 bits per heavy atom. The van der Waals surface area contributed by atoms with E-state index >= 15 is 8.78 Å². The molecule has 0 radical (unpaired) electrons. The third-order valence-corrected chi connectivity index (χ3v) is 13.6. The number of H-pyrrole nitrogens is 2. The minimum Gasteiger partial charge on any atom is -0.453 e. The SMILES string of the molecule is [2H]C([2H])([2H])C([2H])(C([2H])([2H])[2H])[C@@]([2H])(NC(=O)OC)C(=O)N1CC2(CC2)C[C@H]1c1ncc(-c2ccc3c(c2)C(F)(F)c2cc(-c4ccc5nc([C@@H]6[C@@H]7CC[C@H](C7)N6C(=O)[C@]([2H])(NC(=O)OC)C([2H])(C([2H])([2H])[2H])C([2H])([2H])[2H])[nH]c5c4)ccc2-3)[nH]1. The Morgan fingerprint density at radius 2 is 1.46 bits per heavy atom. The molecule has 14 nitrogen and oxygen atoms in total. The molecule has 2 bridgehead atoms. The summed E-state index contributed by atoms with van der Waals surface area (Å²) < 4.78 is 176. The number of hydrogen-bond acceptors (Lipinski definition) is 8. The van der Waals surface area contributed by atoms with Crippen molar-refractivity contribution in [2.45, 2.75) is 102 Å². The molecule has 5 aromatic rings. The molecule has 1 spiro atoms. The highest BCUT2D eigenvalue weighted by atomic mass is 19.3. The number of rotatable bonds is 10. The van der Waals surface area contributed by atoms with Gasteiger partial charge in [0.15, 0.2) is 0 Å². The molecule has 3 aliphatic carbocycles. The number of aromatic amines is 2. The molecule has 4 fully saturated rings. The third kappa shape index (κ3) is 7.19. The molecule has 5 aliphatic rings. The van der Waals surface area contributed by atoms with Gasteiger partial charge in [0.25, 0.3) is 5.92 Å². The molecule has 340 valence electrons. The van der Waals surface area contributed by atoms with Gasteiger partial charge in [0.2, 0.25) is 11.8 Å². The van der Waals surface area contributed by atoms with Crippen molar-refractivity contribution in [3.05, 3.63) is 83.6 Å². The maximum absolute atomic E-state index is 16.9. The van der Waals surface area contributed by atoms with Crippen molar-refractivity contribution >= 4 is 35.0 Å². The van der Waals surface area contributed by atoms with Crippen molar-refractivity contribution in [1.82, 2.24) is 40.4 Å². The highest BCUT2D eigenvalue weighted by molar-refractivity contribution is 5.89. The van der Waals surface area contributed by atoms with Gasteiger partial charge >= 0.3 is 12.2 Å². The number of carbonyl (C=O) groups excluding carboxylic acids is 4. The van der Waals surface area contributed by atoms with E-state index in [1.165, 1.54) is 24.4 Å². The van der Waals surface area contributed by atoms with E-state index in [1.807, 2.05) is 0 Å². The lowest BCUT2D eigenvalue weighted by Gasteiger charge is -2.37. The predicted molar refractivity (Wildman–Crippen MR) is 237 cm³/mol. The monoisotopic (exact) mass is 905 g/mol. The van der Waals surface area contributed by atoms with Gasteiger partial charge < -0.3 is 39.9 Å². The first kappa shape index (κ1) is 27.9. The normalized spacial score (nSPS) is 28.6. The average Bonchev–Trinajstić information content (AvgIpc) is 2.11. The van der Waals surface area contributed by atoms with Crippen LogP contribution in [0.15, 0.2) is 60.8 Å². The lowest BCUT2D eigenvalue weighted by molar-refractivity contribution is -0.139. The number of alkyl halides is 2. The van der Waals surface area contributed by atoms with Crippen LogP contribution < -0.4 is 10.6 Å². The van der Waals surface area contributed by atoms with E-state index in [-0.39, 0.29) is 64.0 Å². The van der Waals surface area contributed by atoms with Crippen molar-refractivity contribution in [2.75, 3.05) is 20.8 Å². The zero-order valence-electron chi connectivity index (χ0n) is 51.0. The lowest BCUT2D eigenvalue weighted by Crippen LogP contribution is -2.54. The van der Waals surface area contributed by atoms with E-state index in [1.54, 1.807) is 47.0 Å². The number of hydrogen-bond donors (Lipinski definition) is 4. The van der Waals surface area contributed by atoms with Gasteiger partial charge in [0.05, 0.1) is 52.0 Å². The number of ether oxygens (including phenoxy) is 2. The summed E-state index contributed by atoms with van der Waals surface area (Å²) in [6.07, 6.45) is 1.03. The second kappa shape index (κ2) is 15.7. The standard InChI is InChI=1S/C49H54F2N8O6/c1-24(2)39(56-46(62)64-5)44(60)58-23-48(15-16-48)21-38(58)42-52-22-37(55-42)28-9-13-32-31-12-8-26(18-33(31)49(50,51)34(32)19-28)27-10-14-35-36(20-27)54-43(53-35)41-29-7-11-30(17-29)59(41)45(61)40(25(3)4)57-47(63)65-6/h8-10,12-14,18-20,22,24-25,29-30,38-41H,7,11,15-17,21,23H2,1-6H3,(H,52,55)(H,53,54)(H,56,62)(H,57,63)/t29-,30-,38+,39-,40-,41+/m1/s1/i1D3,2D3,3D3,4D3,24D,25D,39D,40D. The fraction of sp³-hybridized carbons (Fsp3) is 0.469. The Kier molecular flexibility index (Phi) is 6.73. The molecular weight excluding hydrogens is 835 g/mol. The van der Waals surface area contributed by atoms with E-state index in [2.05, 4.69) is 24.4 Å². The third-order valence-electron chi connectivity index (χ3n) is 13.6. The van der Waals surface area contributed by atoms with Crippen molar-refractivity contribution < 1.29 is 59.4 Å². The summed E-state index contributed by atoms with van der Waals surface area (Å²) in [4.78, 5) is 72.2. The van der Waals surface area contributed by atoms with Crippen LogP contribution in [0.4, 0.5) is 18.4 Å². The van der Waals surface area contributed by atoms with Gasteiger partial charge in [0, 0.05) is 48.5 Å². The Hall–Kier alpha value is -6.32. The van der Waals surface area contributed by atoms with Crippen molar-refractivity contribution in [2.24, 2.45) is 23.1 Å². The molecule has 2 saturated heterocycles. The van der Waals surface area contributed by atoms with Gasteiger partial charge in [-0.05, 0) is 108 Å². The number of imidazole rings is 2. The maximum Gasteiger partial charge on any atom is 0.407 e. The number of nitrogens with zero attached hydrogens (tertiary/aromatic N) is 4. The number of likely N-dealkylation sites (tertiary alicyclic amines) is 2. The Bertz CT molecular complexity index is 3390. The second-order valence-corrected chi connectivity index (χ2v) is 17.4. The van der Waals surface area contributed by atoms with Gasteiger partial charge in [-0.15, -0.1) is 0 Å². The zero-order chi connectivity index (χ0) is 59.4. The highest BCUT2D eigenvalue weighted by Gasteiger charge is 2.56. The summed E-state index contributed by atoms with van der Waals surface area (Å²) in [6, 6.07) is 3.92. The smallest absolute Gasteiger partial charge is 0.407 e. The fourth-order valence-electron chi connectivity index (χ4n) is 10.3. The lowest BCUT2D eigenvalue weighted by atomic mass is 9.95. The number of halogens is 2. The first-order valence-electron chi connectivity index (χ1n) is 29.0. The summed E-state index contributed by atoms with van der Waals surface area (Å²) in [6.45, 7) is -15.4. The van der Waals surface area contributed by atoms with E-state index < -0.39 is 105 Å². The molecule has 3 aromatic carbocycles. The Morgan fingerprint density at radius 1 is 0.831 bits per heavy atom. The average molecular weight is 905 g/mol. The predicted octanol–water partition coefficient (Wildman–Crippen LogP) is 8.61. The van der Waals surface area contributed by atoms with Gasteiger partial charge in [-0.3, -0.25) is 9.59 Å². The Labute approximate surface area is 397 Å². The Balaban J connectivity index is 0.928. The van der Waals surface area contributed by atoms with Crippen molar-refractivity contribution in [1.29, 1.82) is 0 Å². The summed E-state index contributed by atoms with van der Waals surface area (Å²) in [5.41, 5.74) is 1.40. The number of carbonyl (C=O) groups is 4. The number of nitrogens with one attached hydrogen (secondary N) is 4. The summed E-state index contributed by atoms with van der Waals surface area (Å²) in [5.74, 6) is -14.4.